The van der Waals surface area contributed by atoms with Crippen LogP contribution in [0.25, 0.3) is 0 Å². The minimum absolute atomic E-state index is 0.615. The van der Waals surface area contributed by atoms with Crippen molar-refractivity contribution in [3.63, 3.8) is 0 Å². The molecule has 0 saturated carbocycles. The quantitative estimate of drug-likeness (QED) is 0.186. The van der Waals surface area contributed by atoms with Crippen molar-refractivity contribution in [2.24, 2.45) is 0 Å². The molecule has 0 bridgehead atoms. The summed E-state index contributed by atoms with van der Waals surface area (Å²) in [6.07, 6.45) is 0. The first-order chi connectivity index (χ1) is 19.7. The van der Waals surface area contributed by atoms with E-state index in [1.807, 2.05) is 0 Å². The average molecular weight is 515 g/mol. The molecule has 6 aromatic carbocycles. The fraction of sp³-hybridized carbons (Fsp3) is 0.100. The zero-order chi connectivity index (χ0) is 27.4. The van der Waals surface area contributed by atoms with Gasteiger partial charge in [0, 0.05) is 0 Å². The minimum atomic E-state index is -0.616. The van der Waals surface area contributed by atoms with E-state index in [1.165, 1.54) is 44.5 Å². The molecule has 0 unspecified atom stereocenters. The van der Waals surface area contributed by atoms with Crippen LogP contribution in [0.3, 0.4) is 0 Å². The molecule has 6 aromatic rings. The van der Waals surface area contributed by atoms with Crippen LogP contribution in [0, 0.1) is 13.8 Å². The van der Waals surface area contributed by atoms with E-state index in [1.54, 1.807) is 0 Å². The van der Waals surface area contributed by atoms with Gasteiger partial charge in [0.1, 0.15) is 0 Å². The van der Waals surface area contributed by atoms with Gasteiger partial charge in [0.15, 0.2) is 0 Å². The van der Waals surface area contributed by atoms with Gasteiger partial charge in [-0.25, -0.2) is 0 Å². The van der Waals surface area contributed by atoms with Crippen LogP contribution in [0.5, 0.6) is 0 Å². The van der Waals surface area contributed by atoms with Crippen LogP contribution < -0.4 is 0 Å². The van der Waals surface area contributed by atoms with E-state index in [0.717, 1.165) is 0 Å². The van der Waals surface area contributed by atoms with Crippen LogP contribution in [-0.2, 0) is 10.8 Å². The monoisotopic (exact) mass is 514 g/mol. The smallest absolute Gasteiger partial charge is 0.0622 e. The Balaban J connectivity index is 1.98. The minimum Gasteiger partial charge on any atom is -0.0622 e. The highest BCUT2D eigenvalue weighted by Crippen LogP contribution is 2.60. The Kier molecular flexibility index (Phi) is 6.93. The fourth-order valence-electron chi connectivity index (χ4n) is 6.97. The molecule has 0 spiro atoms. The third-order valence-corrected chi connectivity index (χ3v) is 8.49. The molecule has 0 N–H and O–H groups in total. The summed E-state index contributed by atoms with van der Waals surface area (Å²) in [5, 5.41) is 0. The van der Waals surface area contributed by atoms with Crippen LogP contribution >= 0.6 is 0 Å². The van der Waals surface area contributed by atoms with Gasteiger partial charge in [-0.2, -0.15) is 0 Å². The molecule has 0 fully saturated rings. The van der Waals surface area contributed by atoms with Gasteiger partial charge >= 0.3 is 0 Å². The lowest BCUT2D eigenvalue weighted by Crippen LogP contribution is -2.53. The van der Waals surface area contributed by atoms with E-state index in [9.17, 15) is 0 Å². The number of hydrogen-bond acceptors (Lipinski definition) is 0. The van der Waals surface area contributed by atoms with Gasteiger partial charge in [-0.15, -0.1) is 0 Å². The molecule has 0 aromatic heterocycles. The normalized spacial score (nSPS) is 11.8. The van der Waals surface area contributed by atoms with E-state index in [-0.39, 0.29) is 0 Å². The standard InChI is InChI=1S/C40H34/c1-31-19-15-17-29-37(31)40(36-27-13-6-14-28-36,38-30-18-16-20-32(38)2)39(33-21-7-3-8-22-33,34-23-9-4-10-24-34)35-25-11-5-12-26-35/h3-30H,1-2H3. The Bertz CT molecular complexity index is 1540. The molecular weight excluding hydrogens is 480 g/mol. The second-order valence-corrected chi connectivity index (χ2v) is 10.6. The summed E-state index contributed by atoms with van der Waals surface area (Å²) in [5.74, 6) is 0. The van der Waals surface area contributed by atoms with Gasteiger partial charge in [-0.1, -0.05) is 170 Å². The molecule has 0 heteroatoms. The largest absolute Gasteiger partial charge is 0.0634 e. The molecule has 0 atom stereocenters. The molecule has 0 saturated heterocycles. The molecule has 6 rings (SSSR count). The summed E-state index contributed by atoms with van der Waals surface area (Å²) in [6.45, 7) is 4.52. The van der Waals surface area contributed by atoms with Crippen LogP contribution in [0.15, 0.2) is 170 Å². The third-order valence-electron chi connectivity index (χ3n) is 8.49. The molecule has 0 nitrogen and oxygen atoms in total. The predicted octanol–water partition coefficient (Wildman–Crippen LogP) is 9.67. The van der Waals surface area contributed by atoms with Crippen molar-refractivity contribution in [2.75, 3.05) is 0 Å². The van der Waals surface area contributed by atoms with Crippen LogP contribution in [-0.4, -0.2) is 0 Å². The second kappa shape index (κ2) is 10.8. The van der Waals surface area contributed by atoms with Crippen LogP contribution in [0.4, 0.5) is 0 Å². The van der Waals surface area contributed by atoms with Crippen molar-refractivity contribution < 1.29 is 0 Å². The zero-order valence-corrected chi connectivity index (χ0v) is 23.2. The van der Waals surface area contributed by atoms with Crippen molar-refractivity contribution in [2.45, 2.75) is 24.7 Å². The Morgan fingerprint density at radius 1 is 0.275 bits per heavy atom. The molecule has 194 valence electrons. The number of hydrogen-bond donors (Lipinski definition) is 0. The SMILES string of the molecule is Cc1ccccc1C(c1ccccc1)(c1ccccc1C)C(c1ccccc1)(c1ccccc1)c1ccccc1. The van der Waals surface area contributed by atoms with Gasteiger partial charge in [0.05, 0.1) is 10.8 Å². The molecule has 0 aliphatic heterocycles. The summed E-state index contributed by atoms with van der Waals surface area (Å²) >= 11 is 0. The van der Waals surface area contributed by atoms with Crippen molar-refractivity contribution in [3.05, 3.63) is 214 Å². The van der Waals surface area contributed by atoms with E-state index in [0.29, 0.717) is 0 Å². The first-order valence-corrected chi connectivity index (χ1v) is 14.0. The second-order valence-electron chi connectivity index (χ2n) is 10.6. The molecule has 0 aliphatic rings. The highest BCUT2D eigenvalue weighted by Gasteiger charge is 2.58. The van der Waals surface area contributed by atoms with E-state index in [4.69, 9.17) is 0 Å². The Morgan fingerprint density at radius 3 is 0.825 bits per heavy atom. The highest BCUT2D eigenvalue weighted by molar-refractivity contribution is 5.69. The van der Waals surface area contributed by atoms with E-state index >= 15 is 0 Å². The number of benzene rings is 6. The Morgan fingerprint density at radius 2 is 0.525 bits per heavy atom. The van der Waals surface area contributed by atoms with Crippen molar-refractivity contribution in [1.29, 1.82) is 0 Å². The first kappa shape index (κ1) is 25.6. The zero-order valence-electron chi connectivity index (χ0n) is 23.2. The maximum absolute atomic E-state index is 2.35. The van der Waals surface area contributed by atoms with Crippen LogP contribution in [0.1, 0.15) is 44.5 Å². The maximum atomic E-state index is 2.35. The van der Waals surface area contributed by atoms with Crippen molar-refractivity contribution in [3.8, 4) is 0 Å². The maximum Gasteiger partial charge on any atom is 0.0634 e. The lowest BCUT2D eigenvalue weighted by Gasteiger charge is -2.54. The van der Waals surface area contributed by atoms with Crippen molar-refractivity contribution in [1.82, 2.24) is 0 Å². The van der Waals surface area contributed by atoms with E-state index in [2.05, 4.69) is 184 Å². The van der Waals surface area contributed by atoms with Gasteiger partial charge in [0.2, 0.25) is 0 Å². The van der Waals surface area contributed by atoms with Gasteiger partial charge in [-0.05, 0) is 58.4 Å². The van der Waals surface area contributed by atoms with E-state index < -0.39 is 10.8 Å². The summed E-state index contributed by atoms with van der Waals surface area (Å²) in [4.78, 5) is 0. The topological polar surface area (TPSA) is 0 Å². The summed E-state index contributed by atoms with van der Waals surface area (Å²) in [6, 6.07) is 62.4. The molecular formula is C40H34. The van der Waals surface area contributed by atoms with Gasteiger partial charge in [0.25, 0.3) is 0 Å². The van der Waals surface area contributed by atoms with Crippen LogP contribution in [0.2, 0.25) is 0 Å². The summed E-state index contributed by atoms with van der Waals surface area (Å²) in [7, 11) is 0. The average Bonchev–Trinajstić information content (AvgIpc) is 3.03. The van der Waals surface area contributed by atoms with Gasteiger partial charge < -0.3 is 0 Å². The summed E-state index contributed by atoms with van der Waals surface area (Å²) < 4.78 is 0. The van der Waals surface area contributed by atoms with Gasteiger partial charge in [-0.3, -0.25) is 0 Å². The Labute approximate surface area is 238 Å². The molecule has 0 radical (unpaired) electrons. The number of aryl methyl sites for hydroxylation is 2. The molecule has 40 heavy (non-hydrogen) atoms. The summed E-state index contributed by atoms with van der Waals surface area (Å²) in [5.41, 5.74) is 8.91. The van der Waals surface area contributed by atoms with Crippen molar-refractivity contribution >= 4 is 0 Å². The molecule has 0 heterocycles. The lowest BCUT2D eigenvalue weighted by molar-refractivity contribution is 0.416. The lowest BCUT2D eigenvalue weighted by atomic mass is 9.46. The highest BCUT2D eigenvalue weighted by atomic mass is 14.6. The predicted molar refractivity (Wildman–Crippen MR) is 168 cm³/mol. The Hall–Kier alpha value is -4.68. The number of rotatable bonds is 7. The fourth-order valence-corrected chi connectivity index (χ4v) is 6.97. The first-order valence-electron chi connectivity index (χ1n) is 14.0. The third kappa shape index (κ3) is 3.91. The molecule has 0 amide bonds. The molecule has 0 aliphatic carbocycles.